The first kappa shape index (κ1) is 15.8. The molecule has 0 atom stereocenters. The van der Waals surface area contributed by atoms with Gasteiger partial charge in [-0.15, -0.1) is 0 Å². The van der Waals surface area contributed by atoms with Crippen LogP contribution in [0.3, 0.4) is 0 Å². The maximum absolute atomic E-state index is 11.3. The van der Waals surface area contributed by atoms with Crippen molar-refractivity contribution in [3.63, 3.8) is 0 Å². The lowest BCUT2D eigenvalue weighted by atomic mass is 10.2. The van der Waals surface area contributed by atoms with Crippen LogP contribution in [0.25, 0.3) is 0 Å². The van der Waals surface area contributed by atoms with Gasteiger partial charge < -0.3 is 19.7 Å². The number of hydrazone groups is 1. The highest BCUT2D eigenvalue weighted by atomic mass is 16.5. The summed E-state index contributed by atoms with van der Waals surface area (Å²) in [5, 5.41) is 22.2. The van der Waals surface area contributed by atoms with E-state index < -0.39 is 0 Å². The first-order valence-corrected chi connectivity index (χ1v) is 6.00. The van der Waals surface area contributed by atoms with Crippen molar-refractivity contribution in [1.29, 1.82) is 0 Å². The second-order valence-corrected chi connectivity index (χ2v) is 3.88. The van der Waals surface area contributed by atoms with Gasteiger partial charge in [0, 0.05) is 25.2 Å². The molecule has 7 heteroatoms. The number of methoxy groups -OCH3 is 2. The fourth-order valence-corrected chi connectivity index (χ4v) is 1.47. The molecule has 110 valence electrons. The third kappa shape index (κ3) is 4.43. The summed E-state index contributed by atoms with van der Waals surface area (Å²) in [7, 11) is 2.93. The number of benzene rings is 1. The van der Waals surface area contributed by atoms with E-state index in [0.717, 1.165) is 0 Å². The molecule has 0 saturated heterocycles. The van der Waals surface area contributed by atoms with Crippen molar-refractivity contribution >= 4 is 12.1 Å². The van der Waals surface area contributed by atoms with Gasteiger partial charge in [0.25, 0.3) is 0 Å². The molecule has 20 heavy (non-hydrogen) atoms. The molecule has 3 N–H and O–H groups in total. The number of hydrogen-bond donors (Lipinski definition) is 3. The molecule has 0 fully saturated rings. The van der Waals surface area contributed by atoms with Gasteiger partial charge >= 0.3 is 0 Å². The molecule has 0 aliphatic rings. The van der Waals surface area contributed by atoms with Crippen LogP contribution in [-0.4, -0.2) is 43.2 Å². The molecule has 0 unspecified atom stereocenters. The Morgan fingerprint density at radius 1 is 1.40 bits per heavy atom. The molecule has 0 spiro atoms. The summed E-state index contributed by atoms with van der Waals surface area (Å²) in [6.07, 6.45) is 1.84. The first-order valence-electron chi connectivity index (χ1n) is 6.00. The molecule has 0 aliphatic heterocycles. The van der Waals surface area contributed by atoms with Gasteiger partial charge in [0.1, 0.15) is 17.2 Å². The summed E-state index contributed by atoms with van der Waals surface area (Å²) in [6, 6.07) is 3.01. The smallest absolute Gasteiger partial charge is 0.240 e. The van der Waals surface area contributed by atoms with Gasteiger partial charge in [-0.1, -0.05) is 0 Å². The second-order valence-electron chi connectivity index (χ2n) is 3.88. The van der Waals surface area contributed by atoms with Crippen LogP contribution in [0.2, 0.25) is 0 Å². The summed E-state index contributed by atoms with van der Waals surface area (Å²) in [4.78, 5) is 11.3. The Labute approximate surface area is 116 Å². The SMILES string of the molecule is COc1cc(O)c(C=NNC(=O)CCCO)c(OC)c1. The van der Waals surface area contributed by atoms with Crippen LogP contribution in [-0.2, 0) is 4.79 Å². The van der Waals surface area contributed by atoms with Crippen LogP contribution in [0, 0.1) is 0 Å². The minimum Gasteiger partial charge on any atom is -0.507 e. The molecule has 0 bridgehead atoms. The highest BCUT2D eigenvalue weighted by molar-refractivity contribution is 5.88. The normalized spacial score (nSPS) is 10.6. The number of amides is 1. The maximum atomic E-state index is 11.3. The van der Waals surface area contributed by atoms with E-state index in [1.807, 2.05) is 0 Å². The number of carbonyl (C=O) groups excluding carboxylic acids is 1. The van der Waals surface area contributed by atoms with E-state index in [4.69, 9.17) is 14.6 Å². The predicted molar refractivity (Wildman–Crippen MR) is 73.3 cm³/mol. The van der Waals surface area contributed by atoms with Crippen molar-refractivity contribution in [2.75, 3.05) is 20.8 Å². The van der Waals surface area contributed by atoms with Crippen molar-refractivity contribution in [3.8, 4) is 17.2 Å². The van der Waals surface area contributed by atoms with Crippen LogP contribution in [0.1, 0.15) is 18.4 Å². The summed E-state index contributed by atoms with van der Waals surface area (Å²) in [6.45, 7) is -0.0514. The number of phenolic OH excluding ortho intramolecular Hbond substituents is 1. The van der Waals surface area contributed by atoms with Crippen molar-refractivity contribution in [2.24, 2.45) is 5.10 Å². The lowest BCUT2D eigenvalue weighted by molar-refractivity contribution is -0.121. The second kappa shape index (κ2) is 8.00. The molecule has 7 nitrogen and oxygen atoms in total. The standard InChI is InChI=1S/C13H18N2O5/c1-19-9-6-11(17)10(12(7-9)20-2)8-14-15-13(18)4-3-5-16/h6-8,16-17H,3-5H2,1-2H3,(H,15,18). The molecule has 1 aromatic carbocycles. The van der Waals surface area contributed by atoms with E-state index in [9.17, 15) is 9.90 Å². The van der Waals surface area contributed by atoms with Gasteiger partial charge in [-0.3, -0.25) is 4.79 Å². The number of phenols is 1. The molecule has 0 saturated carbocycles. The minimum atomic E-state index is -0.317. The summed E-state index contributed by atoms with van der Waals surface area (Å²) < 4.78 is 10.1. The van der Waals surface area contributed by atoms with E-state index in [2.05, 4.69) is 10.5 Å². The average molecular weight is 282 g/mol. The van der Waals surface area contributed by atoms with Crippen molar-refractivity contribution < 1.29 is 24.5 Å². The third-order valence-electron chi connectivity index (χ3n) is 2.49. The van der Waals surface area contributed by atoms with Crippen LogP contribution < -0.4 is 14.9 Å². The first-order chi connectivity index (χ1) is 9.62. The van der Waals surface area contributed by atoms with Crippen LogP contribution in [0.5, 0.6) is 17.2 Å². The monoisotopic (exact) mass is 282 g/mol. The molecular weight excluding hydrogens is 264 g/mol. The van der Waals surface area contributed by atoms with E-state index in [1.54, 1.807) is 6.07 Å². The highest BCUT2D eigenvalue weighted by Gasteiger charge is 2.10. The van der Waals surface area contributed by atoms with Gasteiger partial charge in [-0.2, -0.15) is 5.10 Å². The number of nitrogens with one attached hydrogen (secondary N) is 1. The Balaban J connectivity index is 2.78. The Kier molecular flexibility index (Phi) is 6.31. The number of aromatic hydroxyl groups is 1. The Morgan fingerprint density at radius 2 is 2.15 bits per heavy atom. The number of hydrogen-bond acceptors (Lipinski definition) is 6. The molecular formula is C13H18N2O5. The molecule has 1 rings (SSSR count). The summed E-state index contributed by atoms with van der Waals surface area (Å²) in [5.74, 6) is 0.426. The number of ether oxygens (including phenoxy) is 2. The van der Waals surface area contributed by atoms with Gasteiger partial charge in [0.05, 0.1) is 26.0 Å². The van der Waals surface area contributed by atoms with Crippen LogP contribution in [0.4, 0.5) is 0 Å². The Morgan fingerprint density at radius 3 is 2.75 bits per heavy atom. The summed E-state index contributed by atoms with van der Waals surface area (Å²) >= 11 is 0. The molecule has 1 amide bonds. The quantitative estimate of drug-likeness (QED) is 0.503. The molecule has 0 aliphatic carbocycles. The van der Waals surface area contributed by atoms with Crippen molar-refractivity contribution in [3.05, 3.63) is 17.7 Å². The topological polar surface area (TPSA) is 100 Å². The van der Waals surface area contributed by atoms with E-state index in [0.29, 0.717) is 23.5 Å². The minimum absolute atomic E-state index is 0.0514. The highest BCUT2D eigenvalue weighted by Crippen LogP contribution is 2.31. The zero-order valence-electron chi connectivity index (χ0n) is 11.4. The number of aliphatic hydroxyl groups is 1. The van der Waals surface area contributed by atoms with Gasteiger partial charge in [0.15, 0.2) is 0 Å². The number of carbonyl (C=O) groups is 1. The number of aliphatic hydroxyl groups excluding tert-OH is 1. The molecule has 0 aromatic heterocycles. The van der Waals surface area contributed by atoms with E-state index >= 15 is 0 Å². The molecule has 0 heterocycles. The van der Waals surface area contributed by atoms with Crippen LogP contribution >= 0.6 is 0 Å². The fraction of sp³-hybridized carbons (Fsp3) is 0.385. The average Bonchev–Trinajstić information content (AvgIpc) is 2.46. The van der Waals surface area contributed by atoms with E-state index in [-0.39, 0.29) is 24.7 Å². The Hall–Kier alpha value is -2.28. The molecule has 0 radical (unpaired) electrons. The van der Waals surface area contributed by atoms with E-state index in [1.165, 1.54) is 26.5 Å². The zero-order chi connectivity index (χ0) is 15.0. The van der Waals surface area contributed by atoms with Crippen molar-refractivity contribution in [1.82, 2.24) is 5.43 Å². The maximum Gasteiger partial charge on any atom is 0.240 e. The largest absolute Gasteiger partial charge is 0.507 e. The number of rotatable bonds is 7. The van der Waals surface area contributed by atoms with Gasteiger partial charge in [0.2, 0.25) is 5.91 Å². The third-order valence-corrected chi connectivity index (χ3v) is 2.49. The van der Waals surface area contributed by atoms with Gasteiger partial charge in [-0.05, 0) is 6.42 Å². The lowest BCUT2D eigenvalue weighted by Gasteiger charge is -2.09. The lowest BCUT2D eigenvalue weighted by Crippen LogP contribution is -2.17. The van der Waals surface area contributed by atoms with Crippen LogP contribution in [0.15, 0.2) is 17.2 Å². The zero-order valence-corrected chi connectivity index (χ0v) is 11.4. The fourth-order valence-electron chi connectivity index (χ4n) is 1.47. The predicted octanol–water partition coefficient (Wildman–Crippen LogP) is 0.632. The van der Waals surface area contributed by atoms with Gasteiger partial charge in [-0.25, -0.2) is 5.43 Å². The number of nitrogens with zero attached hydrogens (tertiary/aromatic N) is 1. The summed E-state index contributed by atoms with van der Waals surface area (Å²) in [5.41, 5.74) is 2.62. The molecule has 1 aromatic rings. The van der Waals surface area contributed by atoms with Crippen molar-refractivity contribution in [2.45, 2.75) is 12.8 Å². The Bertz CT molecular complexity index is 488.